The van der Waals surface area contributed by atoms with E-state index in [9.17, 15) is 9.18 Å². The second kappa shape index (κ2) is 7.00. The van der Waals surface area contributed by atoms with Crippen molar-refractivity contribution in [2.45, 2.75) is 24.8 Å². The number of nitrogens with one attached hydrogen (secondary N) is 1. The van der Waals surface area contributed by atoms with Crippen LogP contribution in [0, 0.1) is 19.7 Å². The smallest absolute Gasteiger partial charge is 0.262 e. The third-order valence-electron chi connectivity index (χ3n) is 4.51. The number of hydrogen-bond donors (Lipinski definition) is 1. The van der Waals surface area contributed by atoms with Gasteiger partial charge in [-0.05, 0) is 48.7 Å². The largest absolute Gasteiger partial charge is 0.301 e. The topological polar surface area (TPSA) is 63.6 Å². The number of hydrogen-bond acceptors (Lipinski definition) is 4. The highest BCUT2D eigenvalue weighted by Crippen LogP contribution is 2.23. The average molecular weight is 380 g/mol. The Hall–Kier alpha value is -2.93. The minimum absolute atomic E-state index is 0.224. The molecule has 0 fully saturated rings. The molecule has 0 spiro atoms. The first kappa shape index (κ1) is 17.5. The maximum Gasteiger partial charge on any atom is 0.262 e. The highest BCUT2D eigenvalue weighted by molar-refractivity contribution is 7.98. The number of aromatic amines is 1. The van der Waals surface area contributed by atoms with Crippen LogP contribution < -0.4 is 5.56 Å². The van der Waals surface area contributed by atoms with Gasteiger partial charge in [-0.3, -0.25) is 4.79 Å². The van der Waals surface area contributed by atoms with Gasteiger partial charge in [-0.1, -0.05) is 36.0 Å². The van der Waals surface area contributed by atoms with Gasteiger partial charge in [0.1, 0.15) is 11.2 Å². The van der Waals surface area contributed by atoms with E-state index >= 15 is 0 Å². The summed E-state index contributed by atoms with van der Waals surface area (Å²) in [6, 6.07) is 12.2. The molecule has 2 heterocycles. The molecule has 4 rings (SSSR count). The molecule has 2 aromatic heterocycles. The van der Waals surface area contributed by atoms with E-state index in [2.05, 4.69) is 15.1 Å². The third kappa shape index (κ3) is 3.38. The molecule has 0 bridgehead atoms. The molecular weight excluding hydrogens is 363 g/mol. The van der Waals surface area contributed by atoms with Crippen molar-refractivity contribution in [3.05, 3.63) is 81.5 Å². The van der Waals surface area contributed by atoms with Gasteiger partial charge in [-0.25, -0.2) is 14.1 Å². The lowest BCUT2D eigenvalue weighted by atomic mass is 10.1. The molecule has 0 aliphatic heterocycles. The van der Waals surface area contributed by atoms with Crippen LogP contribution in [0.3, 0.4) is 0 Å². The molecule has 1 N–H and O–H groups in total. The zero-order valence-corrected chi connectivity index (χ0v) is 15.7. The molecular formula is C20H17FN4OS. The molecule has 0 aliphatic rings. The zero-order valence-electron chi connectivity index (χ0n) is 14.9. The monoisotopic (exact) mass is 380 g/mol. The predicted octanol–water partition coefficient (Wildman–Crippen LogP) is 4.16. The van der Waals surface area contributed by atoms with E-state index in [1.54, 1.807) is 16.8 Å². The normalized spacial score (nSPS) is 11.2. The zero-order chi connectivity index (χ0) is 19.0. The highest BCUT2D eigenvalue weighted by atomic mass is 32.2. The molecule has 0 saturated carbocycles. The fourth-order valence-electron chi connectivity index (χ4n) is 2.84. The SMILES string of the molecule is Cc1cccc(-n2ncc3c(=O)[nH]c(SCc4ccc(F)cc4)nc32)c1C. The lowest BCUT2D eigenvalue weighted by Crippen LogP contribution is -2.10. The molecule has 27 heavy (non-hydrogen) atoms. The quantitative estimate of drug-likeness (QED) is 0.427. The number of rotatable bonds is 4. The van der Waals surface area contributed by atoms with E-state index in [-0.39, 0.29) is 11.4 Å². The summed E-state index contributed by atoms with van der Waals surface area (Å²) >= 11 is 1.39. The van der Waals surface area contributed by atoms with Gasteiger partial charge in [0.2, 0.25) is 0 Å². The molecule has 7 heteroatoms. The van der Waals surface area contributed by atoms with Crippen molar-refractivity contribution in [2.75, 3.05) is 0 Å². The molecule has 136 valence electrons. The molecule has 2 aromatic carbocycles. The van der Waals surface area contributed by atoms with E-state index in [1.165, 1.54) is 30.1 Å². The van der Waals surface area contributed by atoms with Crippen LogP contribution in [0.1, 0.15) is 16.7 Å². The Morgan fingerprint density at radius 2 is 1.93 bits per heavy atom. The van der Waals surface area contributed by atoms with Crippen molar-refractivity contribution in [3.8, 4) is 5.69 Å². The number of aryl methyl sites for hydroxylation is 1. The minimum Gasteiger partial charge on any atom is -0.301 e. The summed E-state index contributed by atoms with van der Waals surface area (Å²) < 4.78 is 14.7. The summed E-state index contributed by atoms with van der Waals surface area (Å²) in [5.74, 6) is 0.306. The Bertz CT molecular complexity index is 1180. The van der Waals surface area contributed by atoms with E-state index in [0.29, 0.717) is 21.9 Å². The van der Waals surface area contributed by atoms with E-state index in [1.807, 2.05) is 32.0 Å². The van der Waals surface area contributed by atoms with Gasteiger partial charge >= 0.3 is 0 Å². The van der Waals surface area contributed by atoms with Crippen molar-refractivity contribution >= 4 is 22.8 Å². The number of thioether (sulfide) groups is 1. The summed E-state index contributed by atoms with van der Waals surface area (Å²) in [5.41, 5.74) is 4.38. The number of H-pyrrole nitrogens is 1. The maximum absolute atomic E-state index is 13.0. The van der Waals surface area contributed by atoms with Crippen molar-refractivity contribution in [1.82, 2.24) is 19.7 Å². The van der Waals surface area contributed by atoms with Gasteiger partial charge in [0, 0.05) is 5.75 Å². The van der Waals surface area contributed by atoms with Crippen LogP contribution in [-0.2, 0) is 5.75 Å². The first-order valence-corrected chi connectivity index (χ1v) is 9.43. The minimum atomic E-state index is -0.269. The summed E-state index contributed by atoms with van der Waals surface area (Å²) in [4.78, 5) is 19.8. The fourth-order valence-corrected chi connectivity index (χ4v) is 3.65. The van der Waals surface area contributed by atoms with Crippen LogP contribution >= 0.6 is 11.8 Å². The van der Waals surface area contributed by atoms with Crippen LogP contribution in [-0.4, -0.2) is 19.7 Å². The molecule has 0 radical (unpaired) electrons. The van der Waals surface area contributed by atoms with Gasteiger partial charge in [0.05, 0.1) is 11.9 Å². The summed E-state index contributed by atoms with van der Waals surface area (Å²) in [6.45, 7) is 4.06. The van der Waals surface area contributed by atoms with Crippen LogP contribution in [0.25, 0.3) is 16.7 Å². The van der Waals surface area contributed by atoms with Crippen LogP contribution in [0.5, 0.6) is 0 Å². The van der Waals surface area contributed by atoms with Gasteiger partial charge < -0.3 is 4.98 Å². The number of fused-ring (bicyclic) bond motifs is 1. The summed E-state index contributed by atoms with van der Waals surface area (Å²) in [7, 11) is 0. The van der Waals surface area contributed by atoms with Gasteiger partial charge in [0.25, 0.3) is 5.56 Å². The Morgan fingerprint density at radius 3 is 2.70 bits per heavy atom. The average Bonchev–Trinajstić information content (AvgIpc) is 3.08. The molecule has 0 aliphatic carbocycles. The Kier molecular flexibility index (Phi) is 4.53. The van der Waals surface area contributed by atoms with Crippen LogP contribution in [0.4, 0.5) is 4.39 Å². The van der Waals surface area contributed by atoms with Gasteiger partial charge in [-0.15, -0.1) is 0 Å². The first-order chi connectivity index (χ1) is 13.0. The first-order valence-electron chi connectivity index (χ1n) is 8.45. The molecule has 0 unspecified atom stereocenters. The van der Waals surface area contributed by atoms with Crippen molar-refractivity contribution < 1.29 is 4.39 Å². The Morgan fingerprint density at radius 1 is 1.15 bits per heavy atom. The molecule has 0 atom stereocenters. The number of nitrogens with zero attached hydrogens (tertiary/aromatic N) is 3. The molecule has 0 saturated heterocycles. The van der Waals surface area contributed by atoms with Crippen molar-refractivity contribution in [1.29, 1.82) is 0 Å². The van der Waals surface area contributed by atoms with E-state index in [4.69, 9.17) is 0 Å². The standard InChI is InChI=1S/C20H17FN4OS/c1-12-4-3-5-17(13(12)2)25-18-16(10-22-25)19(26)24-20(23-18)27-11-14-6-8-15(21)9-7-14/h3-10H,11H2,1-2H3,(H,23,24,26). The number of benzene rings is 2. The lowest BCUT2D eigenvalue weighted by Gasteiger charge is -2.09. The maximum atomic E-state index is 13.0. The van der Waals surface area contributed by atoms with Crippen LogP contribution in [0.15, 0.2) is 58.6 Å². The summed E-state index contributed by atoms with van der Waals surface area (Å²) in [5, 5.41) is 5.33. The van der Waals surface area contributed by atoms with Crippen molar-refractivity contribution in [3.63, 3.8) is 0 Å². The number of halogens is 1. The predicted molar refractivity (Wildman–Crippen MR) is 105 cm³/mol. The molecule has 5 nitrogen and oxygen atoms in total. The van der Waals surface area contributed by atoms with E-state index in [0.717, 1.165) is 22.4 Å². The highest BCUT2D eigenvalue weighted by Gasteiger charge is 2.14. The Labute approximate surface area is 159 Å². The van der Waals surface area contributed by atoms with Gasteiger partial charge in [-0.2, -0.15) is 5.10 Å². The van der Waals surface area contributed by atoms with Crippen LogP contribution in [0.2, 0.25) is 0 Å². The second-order valence-corrected chi connectivity index (χ2v) is 7.26. The van der Waals surface area contributed by atoms with Gasteiger partial charge in [0.15, 0.2) is 10.8 Å². The second-order valence-electron chi connectivity index (χ2n) is 6.30. The summed E-state index contributed by atoms with van der Waals surface area (Å²) in [6.07, 6.45) is 1.54. The Balaban J connectivity index is 1.72. The fraction of sp³-hybridized carbons (Fsp3) is 0.150. The van der Waals surface area contributed by atoms with E-state index < -0.39 is 0 Å². The lowest BCUT2D eigenvalue weighted by molar-refractivity contribution is 0.627. The molecule has 4 aromatic rings. The number of aromatic nitrogens is 4. The van der Waals surface area contributed by atoms with Crippen molar-refractivity contribution in [2.24, 2.45) is 0 Å². The molecule has 0 amide bonds. The third-order valence-corrected chi connectivity index (χ3v) is 5.45.